The van der Waals surface area contributed by atoms with Crippen LogP contribution in [0, 0.1) is 0 Å². The van der Waals surface area contributed by atoms with Crippen LogP contribution in [0.25, 0.3) is 0 Å². The van der Waals surface area contributed by atoms with Crippen molar-refractivity contribution in [2.45, 2.75) is 37.7 Å². The lowest BCUT2D eigenvalue weighted by atomic mass is 9.87. The van der Waals surface area contributed by atoms with Crippen LogP contribution in [0.15, 0.2) is 42.5 Å². The maximum Gasteiger partial charge on any atom is 0.0673 e. The van der Waals surface area contributed by atoms with Gasteiger partial charge in [0.05, 0.1) is 6.10 Å². The molecule has 1 aromatic rings. The molecular weight excluding hydrogens is 184 g/mol. The molecule has 0 spiro atoms. The van der Waals surface area contributed by atoms with Crippen LogP contribution in [0.2, 0.25) is 0 Å². The van der Waals surface area contributed by atoms with Gasteiger partial charge in [-0.25, -0.2) is 0 Å². The van der Waals surface area contributed by atoms with Gasteiger partial charge < -0.3 is 5.11 Å². The maximum absolute atomic E-state index is 10.2. The van der Waals surface area contributed by atoms with Gasteiger partial charge >= 0.3 is 0 Å². The molecule has 1 unspecified atom stereocenters. The van der Waals surface area contributed by atoms with Gasteiger partial charge in [-0.05, 0) is 31.7 Å². The standard InChI is InChI=1S/C14H18O/c1-11(2)10-13(15)14(8-9-14)12-6-4-3-5-7-12/h3-7,13,15H,1,8-10H2,2H3. The molecule has 1 fully saturated rings. The number of aliphatic hydroxyl groups excluding tert-OH is 1. The van der Waals surface area contributed by atoms with E-state index >= 15 is 0 Å². The second kappa shape index (κ2) is 3.82. The molecule has 0 saturated heterocycles. The van der Waals surface area contributed by atoms with E-state index < -0.39 is 0 Å². The van der Waals surface area contributed by atoms with E-state index in [0.717, 1.165) is 24.8 Å². The van der Waals surface area contributed by atoms with E-state index in [1.807, 2.05) is 25.1 Å². The average molecular weight is 202 g/mol. The second-order valence-electron chi connectivity index (χ2n) is 4.70. The average Bonchev–Trinajstić information content (AvgIpc) is 2.99. The summed E-state index contributed by atoms with van der Waals surface area (Å²) in [5, 5.41) is 10.2. The summed E-state index contributed by atoms with van der Waals surface area (Å²) in [4.78, 5) is 0. The maximum atomic E-state index is 10.2. The Morgan fingerprint density at radius 1 is 1.40 bits per heavy atom. The lowest BCUT2D eigenvalue weighted by Gasteiger charge is -2.22. The molecule has 1 atom stereocenters. The Balaban J connectivity index is 2.17. The summed E-state index contributed by atoms with van der Waals surface area (Å²) >= 11 is 0. The van der Waals surface area contributed by atoms with Crippen molar-refractivity contribution in [1.82, 2.24) is 0 Å². The van der Waals surface area contributed by atoms with Gasteiger partial charge in [-0.3, -0.25) is 0 Å². The van der Waals surface area contributed by atoms with Gasteiger partial charge in [0.25, 0.3) is 0 Å². The van der Waals surface area contributed by atoms with E-state index in [1.54, 1.807) is 0 Å². The first kappa shape index (κ1) is 10.4. The summed E-state index contributed by atoms with van der Waals surface area (Å²) in [6, 6.07) is 10.3. The van der Waals surface area contributed by atoms with E-state index in [-0.39, 0.29) is 11.5 Å². The van der Waals surface area contributed by atoms with Gasteiger partial charge in [0.2, 0.25) is 0 Å². The number of rotatable bonds is 4. The second-order valence-corrected chi connectivity index (χ2v) is 4.70. The smallest absolute Gasteiger partial charge is 0.0673 e. The summed E-state index contributed by atoms with van der Waals surface area (Å²) in [5.41, 5.74) is 2.36. The Hall–Kier alpha value is -1.08. The minimum atomic E-state index is -0.266. The molecule has 1 saturated carbocycles. The van der Waals surface area contributed by atoms with Crippen molar-refractivity contribution in [2.24, 2.45) is 0 Å². The monoisotopic (exact) mass is 202 g/mol. The van der Waals surface area contributed by atoms with Crippen LogP contribution < -0.4 is 0 Å². The summed E-state index contributed by atoms with van der Waals surface area (Å²) in [6.07, 6.45) is 2.66. The predicted octanol–water partition coefficient (Wildman–Crippen LogP) is 3.05. The van der Waals surface area contributed by atoms with Crippen LogP contribution in [0.5, 0.6) is 0 Å². The SMILES string of the molecule is C=C(C)CC(O)C1(c2ccccc2)CC1. The molecule has 1 N–H and O–H groups in total. The molecule has 80 valence electrons. The molecule has 15 heavy (non-hydrogen) atoms. The first-order chi connectivity index (χ1) is 7.15. The zero-order valence-electron chi connectivity index (χ0n) is 9.24. The molecule has 1 aliphatic rings. The minimum Gasteiger partial charge on any atom is -0.392 e. The van der Waals surface area contributed by atoms with Gasteiger partial charge in [0, 0.05) is 5.41 Å². The van der Waals surface area contributed by atoms with Gasteiger partial charge in [0.1, 0.15) is 0 Å². The molecule has 0 radical (unpaired) electrons. The molecule has 1 aliphatic carbocycles. The van der Waals surface area contributed by atoms with Crippen LogP contribution in [-0.2, 0) is 5.41 Å². The summed E-state index contributed by atoms with van der Waals surface area (Å²) in [6.45, 7) is 5.85. The molecule has 0 heterocycles. The highest BCUT2D eigenvalue weighted by atomic mass is 16.3. The van der Waals surface area contributed by atoms with Gasteiger partial charge in [0.15, 0.2) is 0 Å². The van der Waals surface area contributed by atoms with Gasteiger partial charge in [-0.15, -0.1) is 6.58 Å². The van der Waals surface area contributed by atoms with E-state index in [9.17, 15) is 5.11 Å². The van der Waals surface area contributed by atoms with Crippen molar-refractivity contribution in [3.05, 3.63) is 48.0 Å². The number of hydrogen-bond acceptors (Lipinski definition) is 1. The topological polar surface area (TPSA) is 20.2 Å². The molecule has 1 nitrogen and oxygen atoms in total. The quantitative estimate of drug-likeness (QED) is 0.744. The molecule has 0 amide bonds. The Bertz CT molecular complexity index is 349. The van der Waals surface area contributed by atoms with Crippen molar-refractivity contribution in [2.75, 3.05) is 0 Å². The third-order valence-corrected chi connectivity index (χ3v) is 3.32. The van der Waals surface area contributed by atoms with Gasteiger partial charge in [-0.2, -0.15) is 0 Å². The Kier molecular flexibility index (Phi) is 2.66. The van der Waals surface area contributed by atoms with E-state index in [2.05, 4.69) is 18.7 Å². The van der Waals surface area contributed by atoms with Crippen molar-refractivity contribution in [3.63, 3.8) is 0 Å². The highest BCUT2D eigenvalue weighted by Crippen LogP contribution is 2.52. The fraction of sp³-hybridized carbons (Fsp3) is 0.429. The van der Waals surface area contributed by atoms with Gasteiger partial charge in [-0.1, -0.05) is 35.9 Å². The molecule has 1 heteroatoms. The molecule has 2 rings (SSSR count). The number of aliphatic hydroxyl groups is 1. The van der Waals surface area contributed by atoms with E-state index in [0.29, 0.717) is 0 Å². The first-order valence-electron chi connectivity index (χ1n) is 5.53. The lowest BCUT2D eigenvalue weighted by Crippen LogP contribution is -2.26. The summed E-state index contributed by atoms with van der Waals surface area (Å²) in [7, 11) is 0. The summed E-state index contributed by atoms with van der Waals surface area (Å²) in [5.74, 6) is 0. The number of hydrogen-bond donors (Lipinski definition) is 1. The zero-order valence-corrected chi connectivity index (χ0v) is 9.24. The third-order valence-electron chi connectivity index (χ3n) is 3.32. The van der Waals surface area contributed by atoms with Crippen LogP contribution in [-0.4, -0.2) is 11.2 Å². The fourth-order valence-electron chi connectivity index (χ4n) is 2.24. The van der Waals surface area contributed by atoms with E-state index in [1.165, 1.54) is 5.56 Å². The van der Waals surface area contributed by atoms with Crippen molar-refractivity contribution >= 4 is 0 Å². The van der Waals surface area contributed by atoms with Crippen molar-refractivity contribution < 1.29 is 5.11 Å². The molecule has 1 aromatic carbocycles. The Morgan fingerprint density at radius 3 is 2.47 bits per heavy atom. The number of benzene rings is 1. The van der Waals surface area contributed by atoms with Crippen LogP contribution in [0.3, 0.4) is 0 Å². The van der Waals surface area contributed by atoms with Crippen molar-refractivity contribution in [1.29, 1.82) is 0 Å². The predicted molar refractivity (Wildman–Crippen MR) is 62.8 cm³/mol. The first-order valence-corrected chi connectivity index (χ1v) is 5.53. The largest absolute Gasteiger partial charge is 0.392 e. The normalized spacial score (nSPS) is 19.6. The van der Waals surface area contributed by atoms with Crippen molar-refractivity contribution in [3.8, 4) is 0 Å². The Labute approximate surface area is 91.4 Å². The molecule has 0 aromatic heterocycles. The fourth-order valence-corrected chi connectivity index (χ4v) is 2.24. The lowest BCUT2D eigenvalue weighted by molar-refractivity contribution is 0.132. The zero-order chi connectivity index (χ0) is 10.9. The third kappa shape index (κ3) is 1.98. The highest BCUT2D eigenvalue weighted by molar-refractivity contribution is 5.33. The Morgan fingerprint density at radius 2 is 2.00 bits per heavy atom. The molecule has 0 bridgehead atoms. The van der Waals surface area contributed by atoms with Crippen LogP contribution in [0.4, 0.5) is 0 Å². The molecule has 0 aliphatic heterocycles. The summed E-state index contributed by atoms with van der Waals surface area (Å²) < 4.78 is 0. The molecular formula is C14H18O. The minimum absolute atomic E-state index is 0.0280. The van der Waals surface area contributed by atoms with Crippen LogP contribution >= 0.6 is 0 Å². The van der Waals surface area contributed by atoms with Crippen LogP contribution in [0.1, 0.15) is 31.7 Å². The highest BCUT2D eigenvalue weighted by Gasteiger charge is 2.49. The van der Waals surface area contributed by atoms with E-state index in [4.69, 9.17) is 0 Å².